The van der Waals surface area contributed by atoms with E-state index < -0.39 is 29.0 Å². The van der Waals surface area contributed by atoms with Gasteiger partial charge in [-0.05, 0) is 47.5 Å². The Bertz CT molecular complexity index is 1440. The number of carbonyl (C=O) groups excluding carboxylic acids is 1. The molecule has 0 aromatic heterocycles. The Morgan fingerprint density at radius 1 is 0.658 bits per heavy atom. The van der Waals surface area contributed by atoms with Crippen molar-refractivity contribution in [1.29, 1.82) is 0 Å². The molecule has 0 spiro atoms. The topological polar surface area (TPSA) is 113 Å². The molecule has 0 saturated carbocycles. The van der Waals surface area contributed by atoms with Gasteiger partial charge in [0, 0.05) is 13.1 Å². The van der Waals surface area contributed by atoms with E-state index in [2.05, 4.69) is 0 Å². The lowest BCUT2D eigenvalue weighted by Gasteiger charge is -2.25. The second kappa shape index (κ2) is 11.7. The van der Waals surface area contributed by atoms with Crippen molar-refractivity contribution in [3.05, 3.63) is 125 Å². The predicted molar refractivity (Wildman–Crippen MR) is 140 cm³/mol. The molecule has 4 aromatic carbocycles. The first-order valence-electron chi connectivity index (χ1n) is 11.7. The van der Waals surface area contributed by atoms with Gasteiger partial charge >= 0.3 is 11.9 Å². The largest absolute Gasteiger partial charge is 0.495 e. The van der Waals surface area contributed by atoms with E-state index in [4.69, 9.17) is 9.47 Å². The Morgan fingerprint density at radius 3 is 1.74 bits per heavy atom. The van der Waals surface area contributed by atoms with Gasteiger partial charge in [-0.15, -0.1) is 0 Å². The van der Waals surface area contributed by atoms with Gasteiger partial charge in [-0.3, -0.25) is 4.79 Å². The number of ether oxygens (including phenoxy) is 2. The fourth-order valence-electron chi connectivity index (χ4n) is 4.04. The van der Waals surface area contributed by atoms with Crippen LogP contribution in [0.15, 0.2) is 97.1 Å². The molecule has 0 radical (unpaired) electrons. The average molecular weight is 512 g/mol. The molecule has 2 N–H and O–H groups in total. The summed E-state index contributed by atoms with van der Waals surface area (Å²) in [6.07, 6.45) is 0. The molecule has 0 unspecified atom stereocenters. The van der Waals surface area contributed by atoms with Gasteiger partial charge in [-0.25, -0.2) is 9.59 Å². The molecule has 192 valence electrons. The maximum Gasteiger partial charge on any atom is 0.340 e. The van der Waals surface area contributed by atoms with Crippen molar-refractivity contribution in [2.75, 3.05) is 7.11 Å². The minimum atomic E-state index is -1.50. The molecule has 0 atom stereocenters. The van der Waals surface area contributed by atoms with Crippen molar-refractivity contribution in [2.45, 2.75) is 13.1 Å². The number of carboxylic acid groups (broad SMARTS) is 2. The summed E-state index contributed by atoms with van der Waals surface area (Å²) >= 11 is 0. The van der Waals surface area contributed by atoms with Crippen molar-refractivity contribution in [3.63, 3.8) is 0 Å². The van der Waals surface area contributed by atoms with E-state index in [9.17, 15) is 24.6 Å². The van der Waals surface area contributed by atoms with Gasteiger partial charge in [0.15, 0.2) is 0 Å². The van der Waals surface area contributed by atoms with E-state index in [1.54, 1.807) is 17.0 Å². The minimum absolute atomic E-state index is 0.0464. The second-order valence-corrected chi connectivity index (χ2v) is 8.39. The summed E-state index contributed by atoms with van der Waals surface area (Å²) in [5, 5.41) is 19.1. The van der Waals surface area contributed by atoms with Crippen molar-refractivity contribution >= 4 is 17.8 Å². The van der Waals surface area contributed by atoms with Crippen LogP contribution in [0.25, 0.3) is 0 Å². The van der Waals surface area contributed by atoms with Crippen molar-refractivity contribution < 1.29 is 34.1 Å². The van der Waals surface area contributed by atoms with Crippen LogP contribution in [0, 0.1) is 0 Å². The van der Waals surface area contributed by atoms with Crippen molar-refractivity contribution in [1.82, 2.24) is 4.90 Å². The van der Waals surface area contributed by atoms with Gasteiger partial charge in [0.05, 0.1) is 18.2 Å². The standard InChI is InChI=1S/C30H25NO7/c1-37-27-25(17-16-24(29(33)34)26(27)30(35)36)28(32)31(18-20-8-4-2-5-9-20)19-21-12-14-23(15-13-21)38-22-10-6-3-7-11-22/h2-17H,18-19H2,1H3,(H,33,34)(H,35,36). The molecule has 8 heteroatoms. The molecule has 0 bridgehead atoms. The number of hydrogen-bond acceptors (Lipinski definition) is 5. The van der Waals surface area contributed by atoms with E-state index in [0.29, 0.717) is 11.5 Å². The third-order valence-electron chi connectivity index (χ3n) is 5.82. The number of nitrogens with zero attached hydrogens (tertiary/aromatic N) is 1. The van der Waals surface area contributed by atoms with Gasteiger partial charge in [-0.1, -0.05) is 60.7 Å². The van der Waals surface area contributed by atoms with Crippen LogP contribution in [-0.4, -0.2) is 40.1 Å². The molecule has 0 aliphatic carbocycles. The molecule has 4 aromatic rings. The third kappa shape index (κ3) is 5.99. The van der Waals surface area contributed by atoms with Crippen LogP contribution in [0.1, 0.15) is 42.2 Å². The highest BCUT2D eigenvalue weighted by Crippen LogP contribution is 2.30. The summed E-state index contributed by atoms with van der Waals surface area (Å²) in [5.41, 5.74) is 0.594. The summed E-state index contributed by atoms with van der Waals surface area (Å²) in [4.78, 5) is 38.9. The Labute approximate surface area is 219 Å². The first-order chi connectivity index (χ1) is 18.4. The summed E-state index contributed by atoms with van der Waals surface area (Å²) < 4.78 is 11.1. The number of rotatable bonds is 10. The smallest absolute Gasteiger partial charge is 0.340 e. The number of methoxy groups -OCH3 is 1. The fraction of sp³-hybridized carbons (Fsp3) is 0.100. The molecule has 8 nitrogen and oxygen atoms in total. The fourth-order valence-corrected chi connectivity index (χ4v) is 4.04. The molecule has 1 amide bonds. The Balaban J connectivity index is 1.66. The van der Waals surface area contributed by atoms with Crippen LogP contribution in [0.2, 0.25) is 0 Å². The molecule has 0 saturated heterocycles. The number of hydrogen-bond donors (Lipinski definition) is 2. The van der Waals surface area contributed by atoms with Gasteiger partial charge in [0.25, 0.3) is 5.91 Å². The van der Waals surface area contributed by atoms with Crippen molar-refractivity contribution in [3.8, 4) is 17.2 Å². The third-order valence-corrected chi connectivity index (χ3v) is 5.82. The molecule has 0 fully saturated rings. The van der Waals surface area contributed by atoms with Gasteiger partial charge < -0.3 is 24.6 Å². The van der Waals surface area contributed by atoms with Crippen LogP contribution in [0.3, 0.4) is 0 Å². The van der Waals surface area contributed by atoms with Gasteiger partial charge in [-0.2, -0.15) is 0 Å². The molecule has 4 rings (SSSR count). The monoisotopic (exact) mass is 511 g/mol. The zero-order chi connectivity index (χ0) is 27.1. The highest BCUT2D eigenvalue weighted by Gasteiger charge is 2.29. The van der Waals surface area contributed by atoms with E-state index in [1.165, 1.54) is 13.2 Å². The van der Waals surface area contributed by atoms with Gasteiger partial charge in [0.1, 0.15) is 22.8 Å². The Morgan fingerprint density at radius 2 is 1.18 bits per heavy atom. The predicted octanol–water partition coefficient (Wildman–Crippen LogP) is 5.73. The maximum atomic E-state index is 13.8. The number of carboxylic acids is 2. The number of aromatic carboxylic acids is 2. The zero-order valence-corrected chi connectivity index (χ0v) is 20.5. The van der Waals surface area contributed by atoms with Crippen LogP contribution in [-0.2, 0) is 13.1 Å². The van der Waals surface area contributed by atoms with E-state index in [-0.39, 0.29) is 24.4 Å². The lowest BCUT2D eigenvalue weighted by Crippen LogP contribution is -2.31. The van der Waals surface area contributed by atoms with E-state index in [0.717, 1.165) is 17.2 Å². The minimum Gasteiger partial charge on any atom is -0.495 e. The van der Waals surface area contributed by atoms with Crippen LogP contribution in [0.4, 0.5) is 0 Å². The number of amides is 1. The number of para-hydroxylation sites is 1. The summed E-state index contributed by atoms with van der Waals surface area (Å²) in [6.45, 7) is 0.430. The number of benzene rings is 4. The van der Waals surface area contributed by atoms with Crippen LogP contribution >= 0.6 is 0 Å². The Kier molecular flexibility index (Phi) is 8.03. The first-order valence-corrected chi connectivity index (χ1v) is 11.7. The molecular formula is C30H25NO7. The molecule has 0 aliphatic rings. The molecule has 38 heavy (non-hydrogen) atoms. The van der Waals surface area contributed by atoms with E-state index in [1.807, 2.05) is 72.8 Å². The highest BCUT2D eigenvalue weighted by molar-refractivity contribution is 6.08. The Hall–Kier alpha value is -5.11. The van der Waals surface area contributed by atoms with E-state index >= 15 is 0 Å². The quantitative estimate of drug-likeness (QED) is 0.280. The van der Waals surface area contributed by atoms with Crippen LogP contribution < -0.4 is 9.47 Å². The molecule has 0 heterocycles. The summed E-state index contributed by atoms with van der Waals surface area (Å²) in [6, 6.07) is 28.4. The summed E-state index contributed by atoms with van der Waals surface area (Å²) in [7, 11) is 1.21. The number of carbonyl (C=O) groups is 3. The lowest BCUT2D eigenvalue weighted by molar-refractivity contribution is 0.0646. The second-order valence-electron chi connectivity index (χ2n) is 8.39. The average Bonchev–Trinajstić information content (AvgIpc) is 2.93. The zero-order valence-electron chi connectivity index (χ0n) is 20.5. The normalized spacial score (nSPS) is 10.4. The first kappa shape index (κ1) is 26.0. The highest BCUT2D eigenvalue weighted by atomic mass is 16.5. The van der Waals surface area contributed by atoms with Crippen molar-refractivity contribution in [2.24, 2.45) is 0 Å². The van der Waals surface area contributed by atoms with Crippen LogP contribution in [0.5, 0.6) is 17.2 Å². The SMILES string of the molecule is COc1c(C(=O)N(Cc2ccccc2)Cc2ccc(Oc3ccccc3)cc2)ccc(C(=O)O)c1C(=O)O. The van der Waals surface area contributed by atoms with Gasteiger partial charge in [0.2, 0.25) is 0 Å². The lowest BCUT2D eigenvalue weighted by atomic mass is 10.0. The molecular weight excluding hydrogens is 486 g/mol. The molecule has 0 aliphatic heterocycles. The summed E-state index contributed by atoms with van der Waals surface area (Å²) in [5.74, 6) is -2.40. The maximum absolute atomic E-state index is 13.8.